The van der Waals surface area contributed by atoms with Gasteiger partial charge in [-0.3, -0.25) is 0 Å². The molecule has 0 unspecified atom stereocenters. The number of hydrogen-bond acceptors (Lipinski definition) is 3. The molecule has 4 aliphatic carbocycles. The number of aromatic nitrogens is 2. The number of rotatable bonds is 1. The molecule has 0 spiro atoms. The standard InChI is InChI=1S/C27H32N2O/c1-26-11-9-21(30)14-20(26)5-6-22-24-8-7-23(27(24,2)12-10-25(22)26)17-3-4-18-15-28-29-16-19(18)13-17/h3-5,7,13,15-16,21-22,24-25,30H,6,8-12,14H2,1-2H3/t21-,22-,24-,25-,26-,27+/m0/s1. The van der Waals surface area contributed by atoms with Crippen LogP contribution < -0.4 is 0 Å². The Bertz CT molecular complexity index is 1070. The molecule has 1 N–H and O–H groups in total. The fraction of sp³-hybridized carbons (Fsp3) is 0.556. The maximum absolute atomic E-state index is 10.2. The van der Waals surface area contributed by atoms with E-state index < -0.39 is 0 Å². The lowest BCUT2D eigenvalue weighted by Gasteiger charge is -2.57. The quantitative estimate of drug-likeness (QED) is 0.602. The average Bonchev–Trinajstić information content (AvgIpc) is 3.11. The molecule has 6 atom stereocenters. The van der Waals surface area contributed by atoms with Gasteiger partial charge in [-0.2, -0.15) is 10.2 Å². The second-order valence-electron chi connectivity index (χ2n) is 10.8. The van der Waals surface area contributed by atoms with Crippen LogP contribution in [0.3, 0.4) is 0 Å². The van der Waals surface area contributed by atoms with Gasteiger partial charge in [0.15, 0.2) is 0 Å². The third kappa shape index (κ3) is 2.54. The second kappa shape index (κ2) is 6.50. The number of allylic oxidation sites excluding steroid dienone is 3. The van der Waals surface area contributed by atoms with E-state index in [1.54, 1.807) is 11.1 Å². The Kier molecular flexibility index (Phi) is 4.06. The number of nitrogens with zero attached hydrogens (tertiary/aromatic N) is 2. The van der Waals surface area contributed by atoms with Crippen LogP contribution >= 0.6 is 0 Å². The molecule has 0 aliphatic heterocycles. The van der Waals surface area contributed by atoms with Gasteiger partial charge in [0.05, 0.1) is 18.5 Å². The fourth-order valence-corrected chi connectivity index (χ4v) is 7.82. The minimum atomic E-state index is -0.118. The zero-order chi connectivity index (χ0) is 20.5. The smallest absolute Gasteiger partial charge is 0.0577 e. The molecule has 6 rings (SSSR count). The second-order valence-corrected chi connectivity index (χ2v) is 10.8. The highest BCUT2D eigenvalue weighted by Crippen LogP contribution is 2.66. The van der Waals surface area contributed by atoms with Crippen molar-refractivity contribution >= 4 is 16.3 Å². The van der Waals surface area contributed by atoms with Gasteiger partial charge < -0.3 is 5.11 Å². The first kappa shape index (κ1) is 18.7. The zero-order valence-electron chi connectivity index (χ0n) is 18.1. The zero-order valence-corrected chi connectivity index (χ0v) is 18.1. The van der Waals surface area contributed by atoms with Gasteiger partial charge in [0.1, 0.15) is 0 Å². The highest BCUT2D eigenvalue weighted by Gasteiger charge is 2.56. The van der Waals surface area contributed by atoms with E-state index in [-0.39, 0.29) is 11.5 Å². The van der Waals surface area contributed by atoms with Crippen LogP contribution in [0.4, 0.5) is 0 Å². The topological polar surface area (TPSA) is 46.0 Å². The molecular weight excluding hydrogens is 368 g/mol. The van der Waals surface area contributed by atoms with Gasteiger partial charge in [0.2, 0.25) is 0 Å². The predicted molar refractivity (Wildman–Crippen MR) is 121 cm³/mol. The van der Waals surface area contributed by atoms with Crippen molar-refractivity contribution in [2.24, 2.45) is 28.6 Å². The Balaban J connectivity index is 1.34. The molecule has 3 nitrogen and oxygen atoms in total. The van der Waals surface area contributed by atoms with E-state index in [0.717, 1.165) is 42.4 Å². The van der Waals surface area contributed by atoms with Crippen molar-refractivity contribution in [3.63, 3.8) is 0 Å². The Labute approximate surface area is 179 Å². The largest absolute Gasteiger partial charge is 0.393 e. The first-order chi connectivity index (χ1) is 14.5. The highest BCUT2D eigenvalue weighted by molar-refractivity contribution is 5.86. The van der Waals surface area contributed by atoms with Crippen molar-refractivity contribution in [1.29, 1.82) is 0 Å². The highest BCUT2D eigenvalue weighted by atomic mass is 16.3. The first-order valence-corrected chi connectivity index (χ1v) is 11.8. The summed E-state index contributed by atoms with van der Waals surface area (Å²) in [6.45, 7) is 5.05. The molecule has 1 aromatic heterocycles. The molecule has 30 heavy (non-hydrogen) atoms. The van der Waals surface area contributed by atoms with Crippen LogP contribution in [0.25, 0.3) is 16.3 Å². The van der Waals surface area contributed by atoms with E-state index in [4.69, 9.17) is 0 Å². The molecule has 3 heteroatoms. The number of aliphatic hydroxyl groups is 1. The molecule has 0 saturated heterocycles. The SMILES string of the molecule is C[C@]12CC[C@H](O)CC1=CC[C@@H]1[C@@H]2CC[C@]2(C)C(c3ccc4cnncc4c3)=CC[C@@H]12. The maximum atomic E-state index is 10.2. The van der Waals surface area contributed by atoms with Crippen molar-refractivity contribution in [2.75, 3.05) is 0 Å². The Hall–Kier alpha value is -2.00. The minimum absolute atomic E-state index is 0.118. The Morgan fingerprint density at radius 1 is 0.900 bits per heavy atom. The molecule has 2 aromatic rings. The van der Waals surface area contributed by atoms with E-state index in [0.29, 0.717) is 5.41 Å². The lowest BCUT2D eigenvalue weighted by molar-refractivity contribution is -0.0238. The first-order valence-electron chi connectivity index (χ1n) is 11.8. The molecule has 1 aromatic carbocycles. The van der Waals surface area contributed by atoms with E-state index in [2.05, 4.69) is 54.4 Å². The summed E-state index contributed by atoms with van der Waals surface area (Å²) < 4.78 is 0. The summed E-state index contributed by atoms with van der Waals surface area (Å²) in [6, 6.07) is 6.81. The molecule has 0 bridgehead atoms. The number of fused-ring (bicyclic) bond motifs is 6. The van der Waals surface area contributed by atoms with Crippen LogP contribution in [0, 0.1) is 28.6 Å². The van der Waals surface area contributed by atoms with Crippen molar-refractivity contribution in [3.05, 3.63) is 53.9 Å². The monoisotopic (exact) mass is 400 g/mol. The number of benzene rings is 1. The van der Waals surface area contributed by atoms with Crippen LogP contribution in [-0.2, 0) is 0 Å². The third-order valence-corrected chi connectivity index (χ3v) is 9.52. The molecular formula is C27H32N2O. The summed E-state index contributed by atoms with van der Waals surface area (Å²) in [5.74, 6) is 2.29. The van der Waals surface area contributed by atoms with E-state index in [1.807, 2.05) is 12.4 Å². The van der Waals surface area contributed by atoms with Gasteiger partial charge in [0.25, 0.3) is 0 Å². The molecule has 0 amide bonds. The number of aliphatic hydroxyl groups excluding tert-OH is 1. The minimum Gasteiger partial charge on any atom is -0.393 e. The van der Waals surface area contributed by atoms with Crippen LogP contribution in [0.2, 0.25) is 0 Å². The predicted octanol–water partition coefficient (Wildman–Crippen LogP) is 5.95. The summed E-state index contributed by atoms with van der Waals surface area (Å²) in [4.78, 5) is 0. The molecule has 1 heterocycles. The van der Waals surface area contributed by atoms with Crippen molar-refractivity contribution in [3.8, 4) is 0 Å². The van der Waals surface area contributed by atoms with Crippen molar-refractivity contribution in [2.45, 2.75) is 64.9 Å². The maximum Gasteiger partial charge on any atom is 0.0577 e. The van der Waals surface area contributed by atoms with Crippen molar-refractivity contribution in [1.82, 2.24) is 10.2 Å². The van der Waals surface area contributed by atoms with Gasteiger partial charge in [-0.05, 0) is 90.7 Å². The summed E-state index contributed by atoms with van der Waals surface area (Å²) in [7, 11) is 0. The Morgan fingerprint density at radius 2 is 1.70 bits per heavy atom. The third-order valence-electron chi connectivity index (χ3n) is 9.52. The van der Waals surface area contributed by atoms with Crippen LogP contribution in [-0.4, -0.2) is 21.4 Å². The van der Waals surface area contributed by atoms with Gasteiger partial charge in [-0.1, -0.05) is 43.7 Å². The van der Waals surface area contributed by atoms with Gasteiger partial charge in [-0.15, -0.1) is 0 Å². The van der Waals surface area contributed by atoms with Crippen molar-refractivity contribution < 1.29 is 5.11 Å². The van der Waals surface area contributed by atoms with E-state index in [1.165, 1.54) is 36.6 Å². The lowest BCUT2D eigenvalue weighted by atomic mass is 9.47. The molecule has 0 radical (unpaired) electrons. The van der Waals surface area contributed by atoms with Crippen LogP contribution in [0.5, 0.6) is 0 Å². The molecule has 4 aliphatic rings. The van der Waals surface area contributed by atoms with E-state index in [9.17, 15) is 5.11 Å². The Morgan fingerprint density at radius 3 is 2.57 bits per heavy atom. The van der Waals surface area contributed by atoms with Gasteiger partial charge in [-0.25, -0.2) is 0 Å². The lowest BCUT2D eigenvalue weighted by Crippen LogP contribution is -2.49. The molecule has 2 fully saturated rings. The summed E-state index contributed by atoms with van der Waals surface area (Å²) in [5, 5.41) is 20.7. The van der Waals surface area contributed by atoms with Crippen LogP contribution in [0.15, 0.2) is 48.3 Å². The molecule has 156 valence electrons. The number of hydrogen-bond donors (Lipinski definition) is 1. The summed E-state index contributed by atoms with van der Waals surface area (Å²) >= 11 is 0. The normalized spacial score (nSPS) is 40.2. The van der Waals surface area contributed by atoms with Gasteiger partial charge >= 0.3 is 0 Å². The average molecular weight is 401 g/mol. The van der Waals surface area contributed by atoms with Gasteiger partial charge in [0, 0.05) is 10.8 Å². The summed E-state index contributed by atoms with van der Waals surface area (Å²) in [6.07, 6.45) is 16.8. The fourth-order valence-electron chi connectivity index (χ4n) is 7.82. The van der Waals surface area contributed by atoms with E-state index >= 15 is 0 Å². The summed E-state index contributed by atoms with van der Waals surface area (Å²) in [5.41, 5.74) is 5.08. The molecule has 2 saturated carbocycles. The van der Waals surface area contributed by atoms with Crippen LogP contribution in [0.1, 0.15) is 64.4 Å².